The number of fused-ring (bicyclic) bond motifs is 1. The number of carbonyl (C=O) groups excluding carboxylic acids is 3. The predicted molar refractivity (Wildman–Crippen MR) is 93.4 cm³/mol. The van der Waals surface area contributed by atoms with Crippen molar-refractivity contribution in [1.82, 2.24) is 15.6 Å². The Morgan fingerprint density at radius 1 is 1.19 bits per heavy atom. The minimum atomic E-state index is -1.21. The number of rotatable bonds is 4. The third-order valence-electron chi connectivity index (χ3n) is 4.73. The van der Waals surface area contributed by atoms with Gasteiger partial charge in [-0.15, -0.1) is 0 Å². The third kappa shape index (κ3) is 3.47. The van der Waals surface area contributed by atoms with Crippen LogP contribution in [0.15, 0.2) is 18.2 Å². The first-order valence-corrected chi connectivity index (χ1v) is 8.55. The monoisotopic (exact) mass is 375 g/mol. The van der Waals surface area contributed by atoms with Crippen LogP contribution >= 0.6 is 0 Å². The molecule has 1 aliphatic rings. The Hall–Kier alpha value is -3.03. The number of likely N-dealkylation sites (N-methyl/N-ethyl adjacent to an activating group) is 1. The number of aromatic nitrogens is 1. The summed E-state index contributed by atoms with van der Waals surface area (Å²) in [4.78, 5) is 40.0. The Bertz CT molecular complexity index is 937. The van der Waals surface area contributed by atoms with E-state index in [9.17, 15) is 23.2 Å². The molecule has 142 valence electrons. The van der Waals surface area contributed by atoms with E-state index in [-0.39, 0.29) is 17.0 Å². The summed E-state index contributed by atoms with van der Waals surface area (Å²) in [5.41, 5.74) is 2.04. The lowest BCUT2D eigenvalue weighted by Crippen LogP contribution is -2.39. The Morgan fingerprint density at radius 3 is 2.56 bits per heavy atom. The maximum Gasteiger partial charge on any atom is 0.268 e. The second-order valence-electron chi connectivity index (χ2n) is 6.45. The average molecular weight is 375 g/mol. The van der Waals surface area contributed by atoms with Crippen molar-refractivity contribution < 1.29 is 23.2 Å². The third-order valence-corrected chi connectivity index (χ3v) is 4.73. The molecule has 1 atom stereocenters. The summed E-state index contributed by atoms with van der Waals surface area (Å²) in [6.45, 7) is 1.67. The molecule has 0 radical (unpaired) electrons. The van der Waals surface area contributed by atoms with Crippen LogP contribution in [0.2, 0.25) is 0 Å². The lowest BCUT2D eigenvalue weighted by atomic mass is 9.93. The fourth-order valence-electron chi connectivity index (χ4n) is 3.34. The molecule has 0 bridgehead atoms. The van der Waals surface area contributed by atoms with Gasteiger partial charge in [0, 0.05) is 24.7 Å². The van der Waals surface area contributed by atoms with Gasteiger partial charge in [0.2, 0.25) is 5.91 Å². The summed E-state index contributed by atoms with van der Waals surface area (Å²) in [5, 5.41) is 4.92. The maximum atomic E-state index is 13.6. The summed E-state index contributed by atoms with van der Waals surface area (Å²) in [7, 11) is 1.37. The van der Waals surface area contributed by atoms with Gasteiger partial charge >= 0.3 is 0 Å². The van der Waals surface area contributed by atoms with Gasteiger partial charge in [0.05, 0.1) is 0 Å². The quantitative estimate of drug-likeness (QED) is 0.766. The Balaban J connectivity index is 1.93. The molecule has 3 N–H and O–H groups in total. The first kappa shape index (κ1) is 18.8. The van der Waals surface area contributed by atoms with Crippen molar-refractivity contribution in [3.05, 3.63) is 57.9 Å². The first-order chi connectivity index (χ1) is 12.8. The molecule has 3 rings (SSSR count). The van der Waals surface area contributed by atoms with Crippen LogP contribution in [-0.4, -0.2) is 29.6 Å². The molecule has 1 aromatic carbocycles. The number of aromatic amines is 1. The predicted octanol–water partition coefficient (Wildman–Crippen LogP) is 2.34. The SMILES string of the molecule is CNC(=O)C(NC(=O)c1[nH]c2c(c1C)C(=O)CCC2)c1ccc(F)c(F)c1. The highest BCUT2D eigenvalue weighted by molar-refractivity contribution is 6.05. The van der Waals surface area contributed by atoms with Crippen molar-refractivity contribution in [2.75, 3.05) is 7.05 Å². The number of hydrogen-bond acceptors (Lipinski definition) is 3. The average Bonchev–Trinajstić information content (AvgIpc) is 2.99. The molecule has 0 aliphatic heterocycles. The molecule has 0 fully saturated rings. The van der Waals surface area contributed by atoms with E-state index in [1.165, 1.54) is 13.1 Å². The molecule has 1 aliphatic carbocycles. The van der Waals surface area contributed by atoms with Crippen LogP contribution in [0.1, 0.15) is 56.6 Å². The van der Waals surface area contributed by atoms with E-state index in [0.717, 1.165) is 12.1 Å². The smallest absolute Gasteiger partial charge is 0.268 e. The van der Waals surface area contributed by atoms with Gasteiger partial charge in [0.25, 0.3) is 5.91 Å². The van der Waals surface area contributed by atoms with Crippen molar-refractivity contribution in [1.29, 1.82) is 0 Å². The molecule has 6 nitrogen and oxygen atoms in total. The zero-order valence-electron chi connectivity index (χ0n) is 14.9. The molecule has 2 aromatic rings. The van der Waals surface area contributed by atoms with E-state index in [0.29, 0.717) is 36.1 Å². The van der Waals surface area contributed by atoms with Crippen LogP contribution < -0.4 is 10.6 Å². The van der Waals surface area contributed by atoms with Crippen LogP contribution in [0.4, 0.5) is 8.78 Å². The number of hydrogen-bond donors (Lipinski definition) is 3. The lowest BCUT2D eigenvalue weighted by molar-refractivity contribution is -0.122. The van der Waals surface area contributed by atoms with Crippen LogP contribution in [0.5, 0.6) is 0 Å². The van der Waals surface area contributed by atoms with E-state index in [2.05, 4.69) is 15.6 Å². The number of benzene rings is 1. The lowest BCUT2D eigenvalue weighted by Gasteiger charge is -2.18. The van der Waals surface area contributed by atoms with E-state index in [1.807, 2.05) is 0 Å². The molecule has 0 spiro atoms. The van der Waals surface area contributed by atoms with Gasteiger partial charge in [-0.05, 0) is 43.0 Å². The molecule has 8 heteroatoms. The summed E-state index contributed by atoms with van der Waals surface area (Å²) in [6, 6.07) is 1.78. The van der Waals surface area contributed by atoms with Gasteiger partial charge in [-0.2, -0.15) is 0 Å². The number of halogens is 2. The van der Waals surface area contributed by atoms with Crippen LogP contribution in [0, 0.1) is 18.6 Å². The summed E-state index contributed by atoms with van der Waals surface area (Å²) < 4.78 is 26.8. The number of Topliss-reactive ketones (excluding diaryl/α,β-unsaturated/α-hetero) is 1. The molecule has 0 saturated heterocycles. The van der Waals surface area contributed by atoms with Gasteiger partial charge in [-0.3, -0.25) is 14.4 Å². The summed E-state index contributed by atoms with van der Waals surface area (Å²) >= 11 is 0. The topological polar surface area (TPSA) is 91.1 Å². The molecule has 27 heavy (non-hydrogen) atoms. The zero-order chi connectivity index (χ0) is 19.7. The summed E-state index contributed by atoms with van der Waals surface area (Å²) in [6.07, 6.45) is 1.81. The minimum Gasteiger partial charge on any atom is -0.357 e. The largest absolute Gasteiger partial charge is 0.357 e. The van der Waals surface area contributed by atoms with Gasteiger partial charge in [0.15, 0.2) is 17.4 Å². The van der Waals surface area contributed by atoms with E-state index in [1.54, 1.807) is 6.92 Å². The van der Waals surface area contributed by atoms with Crippen LogP contribution in [-0.2, 0) is 11.2 Å². The molecular weight excluding hydrogens is 356 g/mol. The van der Waals surface area contributed by atoms with E-state index in [4.69, 9.17) is 0 Å². The molecule has 2 amide bonds. The molecule has 1 aromatic heterocycles. The van der Waals surface area contributed by atoms with Gasteiger partial charge in [-0.25, -0.2) is 8.78 Å². The number of H-pyrrole nitrogens is 1. The Morgan fingerprint density at radius 2 is 1.93 bits per heavy atom. The van der Waals surface area contributed by atoms with E-state index >= 15 is 0 Å². The van der Waals surface area contributed by atoms with Crippen molar-refractivity contribution in [3.63, 3.8) is 0 Å². The van der Waals surface area contributed by atoms with Crippen LogP contribution in [0.3, 0.4) is 0 Å². The maximum absolute atomic E-state index is 13.6. The number of carbonyl (C=O) groups is 3. The molecule has 1 unspecified atom stereocenters. The van der Waals surface area contributed by atoms with Gasteiger partial charge in [-0.1, -0.05) is 6.07 Å². The van der Waals surface area contributed by atoms with Crippen molar-refractivity contribution in [2.45, 2.75) is 32.2 Å². The van der Waals surface area contributed by atoms with Gasteiger partial charge < -0.3 is 15.6 Å². The van der Waals surface area contributed by atoms with Crippen molar-refractivity contribution in [3.8, 4) is 0 Å². The number of aryl methyl sites for hydroxylation is 1. The molecule has 1 heterocycles. The standard InChI is InChI=1S/C19H19F2N3O3/c1-9-15-13(4-3-5-14(15)25)23-16(9)19(27)24-17(18(26)22-2)10-6-7-11(20)12(21)8-10/h6-8,17,23H,3-5H2,1-2H3,(H,22,26)(H,24,27). The fourth-order valence-corrected chi connectivity index (χ4v) is 3.34. The highest BCUT2D eigenvalue weighted by Crippen LogP contribution is 2.27. The van der Waals surface area contributed by atoms with Gasteiger partial charge in [0.1, 0.15) is 11.7 Å². The second-order valence-corrected chi connectivity index (χ2v) is 6.45. The van der Waals surface area contributed by atoms with Crippen molar-refractivity contribution in [2.24, 2.45) is 0 Å². The normalized spacial score (nSPS) is 14.4. The van der Waals surface area contributed by atoms with E-state index < -0.39 is 29.5 Å². The highest BCUT2D eigenvalue weighted by atomic mass is 19.2. The number of ketones is 1. The Kier molecular flexibility index (Phi) is 5.07. The minimum absolute atomic E-state index is 0.0208. The summed E-state index contributed by atoms with van der Waals surface area (Å²) in [5.74, 6) is -3.38. The fraction of sp³-hybridized carbons (Fsp3) is 0.316. The zero-order valence-corrected chi connectivity index (χ0v) is 14.9. The Labute approximate surface area is 154 Å². The number of amides is 2. The molecule has 0 saturated carbocycles. The molecular formula is C19H19F2N3O3. The highest BCUT2D eigenvalue weighted by Gasteiger charge is 2.29. The second kappa shape index (κ2) is 7.30. The van der Waals surface area contributed by atoms with Crippen LogP contribution in [0.25, 0.3) is 0 Å². The first-order valence-electron chi connectivity index (χ1n) is 8.55. The van der Waals surface area contributed by atoms with Crippen molar-refractivity contribution >= 4 is 17.6 Å². The number of nitrogens with one attached hydrogen (secondary N) is 3.